The Hall–Kier alpha value is -1.89. The van der Waals surface area contributed by atoms with Crippen LogP contribution in [-0.2, 0) is 9.59 Å². The Morgan fingerprint density at radius 3 is 2.62 bits per heavy atom. The summed E-state index contributed by atoms with van der Waals surface area (Å²) in [4.78, 5) is 24.9. The molecule has 1 aromatic heterocycles. The highest BCUT2D eigenvalue weighted by molar-refractivity contribution is 6.34. The van der Waals surface area contributed by atoms with E-state index in [0.717, 1.165) is 18.5 Å². The van der Waals surface area contributed by atoms with Crippen LogP contribution in [0.2, 0.25) is 0 Å². The second-order valence-corrected chi connectivity index (χ2v) is 5.81. The van der Waals surface area contributed by atoms with Gasteiger partial charge in [0.15, 0.2) is 0 Å². The largest absolute Gasteiger partial charge is 0.361 e. The van der Waals surface area contributed by atoms with Gasteiger partial charge in [0, 0.05) is 18.8 Å². The molecule has 2 rings (SSSR count). The number of carbonyl (C=O) groups excluding carboxylic acids is 2. The Kier molecular flexibility index (Phi) is 5.48. The predicted molar refractivity (Wildman–Crippen MR) is 79.7 cm³/mol. The zero-order valence-corrected chi connectivity index (χ0v) is 13.0. The van der Waals surface area contributed by atoms with Crippen LogP contribution in [0.3, 0.4) is 0 Å². The highest BCUT2D eigenvalue weighted by atomic mass is 16.2. The highest BCUT2D eigenvalue weighted by Crippen LogP contribution is 2.34. The van der Waals surface area contributed by atoms with Gasteiger partial charge in [-0.05, 0) is 38.7 Å². The third-order valence-corrected chi connectivity index (χ3v) is 3.82. The quantitative estimate of drug-likeness (QED) is 0.802. The molecule has 1 fully saturated rings. The lowest BCUT2D eigenvalue weighted by atomic mass is 9.92. The lowest BCUT2D eigenvalue weighted by molar-refractivity contribution is -0.147. The Balaban J connectivity index is 0.00000220. The average Bonchev–Trinajstić information content (AvgIpc) is 2.86. The van der Waals surface area contributed by atoms with Gasteiger partial charge in [0.2, 0.25) is 0 Å². The maximum Gasteiger partial charge on any atom is 0.312 e. The predicted octanol–water partition coefficient (Wildman–Crippen LogP) is 1.41. The molecule has 7 nitrogen and oxygen atoms in total. The van der Waals surface area contributed by atoms with E-state index in [1.54, 1.807) is 11.1 Å². The minimum absolute atomic E-state index is 0. The molecule has 7 heteroatoms. The summed E-state index contributed by atoms with van der Waals surface area (Å²) in [5, 5.41) is 4.31. The standard InChI is InChI=1S/C14H22N4O2.H3N/c1-9(2)18-12(6-7-16-18)11-5-4-10(3)8-17(11)14(20)13(15)19;/h6-7,9-11H,4-5,8H2,1-3H3,(H2,15,19);1H3. The fourth-order valence-corrected chi connectivity index (χ4v) is 2.85. The van der Waals surface area contributed by atoms with Crippen LogP contribution >= 0.6 is 0 Å². The van der Waals surface area contributed by atoms with E-state index in [4.69, 9.17) is 5.73 Å². The minimum atomic E-state index is -0.889. The second kappa shape index (κ2) is 6.71. The third-order valence-electron chi connectivity index (χ3n) is 3.82. The summed E-state index contributed by atoms with van der Waals surface area (Å²) in [6.45, 7) is 6.73. The van der Waals surface area contributed by atoms with E-state index in [9.17, 15) is 9.59 Å². The van der Waals surface area contributed by atoms with Crippen molar-refractivity contribution in [3.63, 3.8) is 0 Å². The van der Waals surface area contributed by atoms with E-state index in [0.29, 0.717) is 12.5 Å². The number of primary amides is 1. The summed E-state index contributed by atoms with van der Waals surface area (Å²) < 4.78 is 1.90. The number of nitrogens with zero attached hydrogens (tertiary/aromatic N) is 3. The molecule has 0 bridgehead atoms. The molecule has 2 heterocycles. The van der Waals surface area contributed by atoms with E-state index in [1.807, 2.05) is 24.6 Å². The van der Waals surface area contributed by atoms with E-state index in [2.05, 4.69) is 12.0 Å². The minimum Gasteiger partial charge on any atom is -0.361 e. The summed E-state index contributed by atoms with van der Waals surface area (Å²) in [6, 6.07) is 2.02. The number of hydrogen-bond acceptors (Lipinski definition) is 4. The van der Waals surface area contributed by atoms with E-state index < -0.39 is 11.8 Å². The van der Waals surface area contributed by atoms with Gasteiger partial charge in [-0.2, -0.15) is 5.10 Å². The lowest BCUT2D eigenvalue weighted by Crippen LogP contribution is -2.47. The van der Waals surface area contributed by atoms with Gasteiger partial charge in [0.05, 0.1) is 11.7 Å². The Morgan fingerprint density at radius 2 is 2.05 bits per heavy atom. The first-order chi connectivity index (χ1) is 9.41. The van der Waals surface area contributed by atoms with Crippen molar-refractivity contribution >= 4 is 11.8 Å². The fraction of sp³-hybridized carbons (Fsp3) is 0.643. The topological polar surface area (TPSA) is 116 Å². The van der Waals surface area contributed by atoms with Crippen LogP contribution in [0, 0.1) is 5.92 Å². The van der Waals surface area contributed by atoms with Crippen molar-refractivity contribution in [3.05, 3.63) is 18.0 Å². The van der Waals surface area contributed by atoms with Crippen molar-refractivity contribution in [2.45, 2.75) is 45.7 Å². The van der Waals surface area contributed by atoms with Crippen LogP contribution in [0.25, 0.3) is 0 Å². The zero-order valence-electron chi connectivity index (χ0n) is 13.0. The number of carbonyl (C=O) groups is 2. The normalized spacial score (nSPS) is 22.0. The Morgan fingerprint density at radius 1 is 1.38 bits per heavy atom. The van der Waals surface area contributed by atoms with Crippen molar-refractivity contribution in [2.24, 2.45) is 11.7 Å². The molecule has 118 valence electrons. The smallest absolute Gasteiger partial charge is 0.312 e. The molecular weight excluding hydrogens is 270 g/mol. The summed E-state index contributed by atoms with van der Waals surface area (Å²) in [5.41, 5.74) is 6.15. The molecule has 0 aliphatic carbocycles. The summed E-state index contributed by atoms with van der Waals surface area (Å²) in [5.74, 6) is -1.11. The molecule has 0 spiro atoms. The highest BCUT2D eigenvalue weighted by Gasteiger charge is 2.35. The van der Waals surface area contributed by atoms with E-state index >= 15 is 0 Å². The lowest BCUT2D eigenvalue weighted by Gasteiger charge is -2.38. The summed E-state index contributed by atoms with van der Waals surface area (Å²) in [6.07, 6.45) is 3.59. The fourth-order valence-electron chi connectivity index (χ4n) is 2.85. The molecule has 1 aliphatic rings. The third kappa shape index (κ3) is 3.41. The SMILES string of the molecule is CC1CCC(c2ccnn2C(C)C)N(C(=O)C(N)=O)C1.N. The van der Waals surface area contributed by atoms with Gasteiger partial charge < -0.3 is 16.8 Å². The number of likely N-dealkylation sites (tertiary alicyclic amines) is 1. The van der Waals surface area contributed by atoms with Gasteiger partial charge in [0.25, 0.3) is 0 Å². The first-order valence-corrected chi connectivity index (χ1v) is 7.05. The Bertz CT molecular complexity index is 511. The van der Waals surface area contributed by atoms with Crippen molar-refractivity contribution in [2.75, 3.05) is 6.54 Å². The maximum absolute atomic E-state index is 12.1. The second-order valence-electron chi connectivity index (χ2n) is 5.81. The van der Waals surface area contributed by atoms with Gasteiger partial charge in [0.1, 0.15) is 0 Å². The van der Waals surface area contributed by atoms with Gasteiger partial charge in [-0.25, -0.2) is 0 Å². The molecule has 21 heavy (non-hydrogen) atoms. The molecule has 2 amide bonds. The maximum atomic E-state index is 12.1. The molecule has 1 aromatic rings. The molecule has 2 atom stereocenters. The summed E-state index contributed by atoms with van der Waals surface area (Å²) in [7, 11) is 0. The number of piperidine rings is 1. The van der Waals surface area contributed by atoms with E-state index in [1.165, 1.54) is 0 Å². The van der Waals surface area contributed by atoms with Gasteiger partial charge in [-0.3, -0.25) is 14.3 Å². The first kappa shape index (κ1) is 17.2. The van der Waals surface area contributed by atoms with Crippen molar-refractivity contribution < 1.29 is 9.59 Å². The van der Waals surface area contributed by atoms with Crippen molar-refractivity contribution in [1.82, 2.24) is 20.8 Å². The van der Waals surface area contributed by atoms with Gasteiger partial charge >= 0.3 is 11.8 Å². The van der Waals surface area contributed by atoms with Crippen LogP contribution in [0.15, 0.2) is 12.3 Å². The number of rotatable bonds is 2. The molecule has 2 unspecified atom stereocenters. The number of hydrogen-bond donors (Lipinski definition) is 2. The molecule has 0 radical (unpaired) electrons. The number of nitrogens with two attached hydrogens (primary N) is 1. The zero-order chi connectivity index (χ0) is 14.9. The van der Waals surface area contributed by atoms with Gasteiger partial charge in [-0.1, -0.05) is 6.92 Å². The van der Waals surface area contributed by atoms with Gasteiger partial charge in [-0.15, -0.1) is 0 Å². The molecule has 1 aliphatic heterocycles. The van der Waals surface area contributed by atoms with Crippen LogP contribution in [0.4, 0.5) is 0 Å². The van der Waals surface area contributed by atoms with Crippen LogP contribution in [0.1, 0.15) is 51.4 Å². The molecule has 0 saturated carbocycles. The van der Waals surface area contributed by atoms with Crippen LogP contribution in [0.5, 0.6) is 0 Å². The summed E-state index contributed by atoms with van der Waals surface area (Å²) >= 11 is 0. The number of aromatic nitrogens is 2. The molecule has 0 aromatic carbocycles. The molecule has 1 saturated heterocycles. The number of amides is 2. The Labute approximate surface area is 125 Å². The first-order valence-electron chi connectivity index (χ1n) is 7.05. The monoisotopic (exact) mass is 295 g/mol. The average molecular weight is 295 g/mol. The molecular formula is C14H25N5O2. The van der Waals surface area contributed by atoms with Crippen LogP contribution in [-0.4, -0.2) is 33.0 Å². The van der Waals surface area contributed by atoms with Crippen molar-refractivity contribution in [1.29, 1.82) is 0 Å². The van der Waals surface area contributed by atoms with Crippen LogP contribution < -0.4 is 11.9 Å². The van der Waals surface area contributed by atoms with E-state index in [-0.39, 0.29) is 18.2 Å². The molecule has 5 N–H and O–H groups in total. The van der Waals surface area contributed by atoms with Crippen molar-refractivity contribution in [3.8, 4) is 0 Å².